The molecule has 19 heteroatoms. The number of hydrogen-bond donors (Lipinski definition) is 3. The highest BCUT2D eigenvalue weighted by Gasteiger charge is 2.30. The molecular formula is C83H152O17P2. The standard InChI is InChI=1S/C83H152O17P2/c1-5-9-13-17-21-25-29-33-37-38-42-44-48-52-56-60-64-68-81(86)94-74-79(100-83(88)70-66-62-58-54-50-46-41-36-32-28-24-20-16-12-8-4)76-98-102(91,92)96-72-77(84)71-95-101(89,90)97-75-78(99-82(87)69-65-61-57-53-49-45-40-35-31-27-23-19-15-11-7-3)73-93-80(85)67-63-59-55-51-47-43-39-34-30-26-22-18-14-10-6-2/h21,25-26,30,33,37,42,44,52,56,77-79,84H,5-20,22-24,27-29,31-32,34-36,38-41,43,45-51,53-55,57-76H2,1-4H3,(H,89,90)(H,91,92)/b25-21-,30-26-,37-33-,44-42-,56-52-/t77-,78+,79+/m0/s1. The number of hydrogen-bond acceptors (Lipinski definition) is 15. The lowest BCUT2D eigenvalue weighted by Gasteiger charge is -2.21. The van der Waals surface area contributed by atoms with Crippen molar-refractivity contribution in [3.63, 3.8) is 0 Å². The van der Waals surface area contributed by atoms with E-state index in [4.69, 9.17) is 37.0 Å². The second-order valence-corrected chi connectivity index (χ2v) is 31.0. The first-order chi connectivity index (χ1) is 49.7. The predicted octanol–water partition coefficient (Wildman–Crippen LogP) is 24.2. The predicted molar refractivity (Wildman–Crippen MR) is 418 cm³/mol. The van der Waals surface area contributed by atoms with Crippen molar-refractivity contribution in [2.24, 2.45) is 0 Å². The largest absolute Gasteiger partial charge is 0.472 e. The van der Waals surface area contributed by atoms with Gasteiger partial charge in [-0.2, -0.15) is 0 Å². The zero-order valence-electron chi connectivity index (χ0n) is 65.3. The van der Waals surface area contributed by atoms with Crippen LogP contribution in [0.5, 0.6) is 0 Å². The van der Waals surface area contributed by atoms with Crippen LogP contribution in [0.15, 0.2) is 60.8 Å². The van der Waals surface area contributed by atoms with Gasteiger partial charge in [-0.1, -0.05) is 332 Å². The lowest BCUT2D eigenvalue weighted by Crippen LogP contribution is -2.30. The average Bonchev–Trinajstić information content (AvgIpc) is 0.923. The Morgan fingerprint density at radius 2 is 0.490 bits per heavy atom. The van der Waals surface area contributed by atoms with Gasteiger partial charge < -0.3 is 33.8 Å². The number of carbonyl (C=O) groups excluding carboxylic acids is 4. The summed E-state index contributed by atoms with van der Waals surface area (Å²) in [5.41, 5.74) is 0. The molecule has 0 heterocycles. The van der Waals surface area contributed by atoms with Gasteiger partial charge in [0.2, 0.25) is 0 Å². The fourth-order valence-electron chi connectivity index (χ4n) is 11.6. The molecule has 0 radical (unpaired) electrons. The molecule has 2 unspecified atom stereocenters. The third kappa shape index (κ3) is 75.0. The molecule has 5 atom stereocenters. The number of phosphoric acid groups is 2. The van der Waals surface area contributed by atoms with Crippen molar-refractivity contribution >= 4 is 39.5 Å². The van der Waals surface area contributed by atoms with Crippen LogP contribution in [-0.4, -0.2) is 96.7 Å². The van der Waals surface area contributed by atoms with Crippen LogP contribution in [0.25, 0.3) is 0 Å². The Kier molecular flexibility index (Phi) is 73.6. The van der Waals surface area contributed by atoms with E-state index >= 15 is 0 Å². The smallest absolute Gasteiger partial charge is 0.462 e. The summed E-state index contributed by atoms with van der Waals surface area (Å²) < 4.78 is 68.7. The number of rotatable bonds is 79. The minimum Gasteiger partial charge on any atom is -0.462 e. The highest BCUT2D eigenvalue weighted by Crippen LogP contribution is 2.45. The monoisotopic (exact) mass is 1480 g/mol. The van der Waals surface area contributed by atoms with Crippen molar-refractivity contribution in [2.45, 2.75) is 406 Å². The minimum absolute atomic E-state index is 0.0903. The zero-order valence-corrected chi connectivity index (χ0v) is 67.1. The molecule has 17 nitrogen and oxygen atoms in total. The van der Waals surface area contributed by atoms with Gasteiger partial charge in [-0.05, 0) is 89.9 Å². The molecular weight excluding hydrogens is 1330 g/mol. The average molecular weight is 1480 g/mol. The summed E-state index contributed by atoms with van der Waals surface area (Å²) in [5, 5.41) is 10.6. The van der Waals surface area contributed by atoms with Crippen molar-refractivity contribution in [1.29, 1.82) is 0 Å². The van der Waals surface area contributed by atoms with Crippen LogP contribution in [0.4, 0.5) is 0 Å². The first-order valence-electron chi connectivity index (χ1n) is 41.5. The van der Waals surface area contributed by atoms with Gasteiger partial charge in [-0.3, -0.25) is 37.3 Å². The minimum atomic E-state index is -4.98. The molecule has 596 valence electrons. The van der Waals surface area contributed by atoms with Crippen molar-refractivity contribution in [1.82, 2.24) is 0 Å². The molecule has 0 aromatic carbocycles. The number of unbranched alkanes of at least 4 members (excludes halogenated alkanes) is 43. The lowest BCUT2D eigenvalue weighted by molar-refractivity contribution is -0.161. The van der Waals surface area contributed by atoms with Gasteiger partial charge in [-0.15, -0.1) is 0 Å². The van der Waals surface area contributed by atoms with Gasteiger partial charge in [0.15, 0.2) is 12.2 Å². The summed E-state index contributed by atoms with van der Waals surface area (Å²) >= 11 is 0. The van der Waals surface area contributed by atoms with Crippen LogP contribution >= 0.6 is 15.6 Å². The normalized spacial score (nSPS) is 14.1. The summed E-state index contributed by atoms with van der Waals surface area (Å²) in [6, 6.07) is 0. The van der Waals surface area contributed by atoms with Crippen LogP contribution in [0.1, 0.15) is 387 Å². The van der Waals surface area contributed by atoms with E-state index in [-0.39, 0.29) is 25.7 Å². The quantitative estimate of drug-likeness (QED) is 0.0169. The Hall–Kier alpha value is -3.24. The number of carbonyl (C=O) groups is 4. The van der Waals surface area contributed by atoms with Crippen molar-refractivity contribution in [3.05, 3.63) is 60.8 Å². The van der Waals surface area contributed by atoms with Gasteiger partial charge in [0.1, 0.15) is 19.3 Å². The summed E-state index contributed by atoms with van der Waals surface area (Å²) in [6.45, 7) is 4.87. The summed E-state index contributed by atoms with van der Waals surface area (Å²) in [5.74, 6) is -2.20. The highest BCUT2D eigenvalue weighted by atomic mass is 31.2. The topological polar surface area (TPSA) is 237 Å². The van der Waals surface area contributed by atoms with Gasteiger partial charge in [-0.25, -0.2) is 9.13 Å². The molecule has 102 heavy (non-hydrogen) atoms. The molecule has 0 aliphatic heterocycles. The second-order valence-electron chi connectivity index (χ2n) is 28.1. The van der Waals surface area contributed by atoms with E-state index in [1.807, 2.05) is 12.2 Å². The Labute approximate surface area is 622 Å². The van der Waals surface area contributed by atoms with Gasteiger partial charge in [0, 0.05) is 25.7 Å². The zero-order chi connectivity index (χ0) is 74.6. The number of phosphoric ester groups is 2. The molecule has 3 N–H and O–H groups in total. The van der Waals surface area contributed by atoms with Crippen LogP contribution in [0, 0.1) is 0 Å². The Morgan fingerprint density at radius 1 is 0.275 bits per heavy atom. The molecule has 0 saturated heterocycles. The van der Waals surface area contributed by atoms with E-state index in [0.717, 1.165) is 116 Å². The fraction of sp³-hybridized carbons (Fsp3) is 0.831. The molecule has 0 saturated carbocycles. The maximum absolute atomic E-state index is 13.1. The van der Waals surface area contributed by atoms with E-state index in [1.165, 1.54) is 186 Å². The molecule has 0 rings (SSSR count). The van der Waals surface area contributed by atoms with Gasteiger partial charge in [0.25, 0.3) is 0 Å². The summed E-state index contributed by atoms with van der Waals surface area (Å²) in [6.07, 6.45) is 76.2. The van der Waals surface area contributed by atoms with Gasteiger partial charge >= 0.3 is 39.5 Å². The molecule has 0 aliphatic rings. The van der Waals surface area contributed by atoms with Crippen LogP contribution in [0.3, 0.4) is 0 Å². The van der Waals surface area contributed by atoms with Crippen LogP contribution in [-0.2, 0) is 65.4 Å². The lowest BCUT2D eigenvalue weighted by atomic mass is 10.0. The molecule has 0 amide bonds. The molecule has 0 aliphatic carbocycles. The molecule has 0 aromatic heterocycles. The summed E-state index contributed by atoms with van der Waals surface area (Å²) in [4.78, 5) is 73.1. The van der Waals surface area contributed by atoms with E-state index in [2.05, 4.69) is 76.3 Å². The van der Waals surface area contributed by atoms with Crippen LogP contribution in [0.2, 0.25) is 0 Å². The number of esters is 4. The molecule has 0 bridgehead atoms. The number of allylic oxidation sites excluding steroid dienone is 10. The number of aliphatic hydroxyl groups is 1. The van der Waals surface area contributed by atoms with Crippen LogP contribution < -0.4 is 0 Å². The Balaban J connectivity index is 5.36. The van der Waals surface area contributed by atoms with E-state index in [1.54, 1.807) is 0 Å². The van der Waals surface area contributed by atoms with Gasteiger partial charge in [0.05, 0.1) is 26.4 Å². The first kappa shape index (κ1) is 98.8. The molecule has 0 aromatic rings. The highest BCUT2D eigenvalue weighted by molar-refractivity contribution is 7.47. The fourth-order valence-corrected chi connectivity index (χ4v) is 13.2. The first-order valence-corrected chi connectivity index (χ1v) is 44.5. The third-order valence-electron chi connectivity index (χ3n) is 18.0. The second kappa shape index (κ2) is 76.0. The maximum atomic E-state index is 13.1. The molecule has 0 spiro atoms. The summed E-state index contributed by atoms with van der Waals surface area (Å²) in [7, 11) is -9.95. The molecule has 0 fully saturated rings. The van der Waals surface area contributed by atoms with Crippen molar-refractivity contribution < 1.29 is 80.2 Å². The van der Waals surface area contributed by atoms with Crippen molar-refractivity contribution in [3.8, 4) is 0 Å². The van der Waals surface area contributed by atoms with Crippen molar-refractivity contribution in [2.75, 3.05) is 39.6 Å². The Morgan fingerprint density at radius 3 is 0.814 bits per heavy atom. The number of aliphatic hydroxyl groups excluding tert-OH is 1. The van der Waals surface area contributed by atoms with E-state index in [0.29, 0.717) is 32.1 Å². The Bertz CT molecular complexity index is 2170. The maximum Gasteiger partial charge on any atom is 0.472 e. The number of ether oxygens (including phenoxy) is 4. The third-order valence-corrected chi connectivity index (χ3v) is 19.9. The van der Waals surface area contributed by atoms with E-state index in [9.17, 15) is 43.2 Å². The van der Waals surface area contributed by atoms with E-state index < -0.39 is 97.5 Å². The SMILES string of the molecule is CCCCC/C=C\C/C=C\C/C=C\C/C=C\CCCC(=O)OC[C@H](COP(=O)(O)OC[C@@H](O)COP(=O)(O)OC[C@@H](COC(=O)CCCCCCCCC/C=C\CCCCCC)OC(=O)CCCCCCCCCCCCCCCCC)OC(=O)CCCCCCCCCCCCCCCCC.